The maximum atomic E-state index is 12.3. The predicted molar refractivity (Wildman–Crippen MR) is 71.4 cm³/mol. The fourth-order valence-corrected chi connectivity index (χ4v) is 2.03. The van der Waals surface area contributed by atoms with E-state index in [-0.39, 0.29) is 11.7 Å². The highest BCUT2D eigenvalue weighted by Crippen LogP contribution is 2.27. The van der Waals surface area contributed by atoms with E-state index in [0.717, 1.165) is 0 Å². The summed E-state index contributed by atoms with van der Waals surface area (Å²) in [5.41, 5.74) is 1.77. The van der Waals surface area contributed by atoms with Crippen molar-refractivity contribution in [3.05, 3.63) is 60.2 Å². The van der Waals surface area contributed by atoms with Crippen molar-refractivity contribution < 1.29 is 9.59 Å². The Hall–Kier alpha value is -2.62. The van der Waals surface area contributed by atoms with Gasteiger partial charge in [-0.1, -0.05) is 42.5 Å². The first kappa shape index (κ1) is 11.5. The van der Waals surface area contributed by atoms with Crippen LogP contribution in [0.2, 0.25) is 0 Å². The van der Waals surface area contributed by atoms with Crippen molar-refractivity contribution in [3.63, 3.8) is 0 Å². The van der Waals surface area contributed by atoms with Crippen molar-refractivity contribution >= 4 is 23.1 Å². The third-order valence-electron chi connectivity index (χ3n) is 2.99. The van der Waals surface area contributed by atoms with Crippen LogP contribution < -0.4 is 10.6 Å². The van der Waals surface area contributed by atoms with Crippen LogP contribution in [0.25, 0.3) is 0 Å². The fourth-order valence-electron chi connectivity index (χ4n) is 2.03. The maximum Gasteiger partial charge on any atom is 0.257 e. The normalized spacial score (nSPS) is 17.1. The molecule has 0 aliphatic carbocycles. The SMILES string of the molecule is O=C1Nc2ccccc2[N][C@H]1C(=O)c1ccccc1. The average molecular weight is 251 g/mol. The zero-order valence-electron chi connectivity index (χ0n) is 10.0. The lowest BCUT2D eigenvalue weighted by Gasteiger charge is -2.23. The smallest absolute Gasteiger partial charge is 0.257 e. The summed E-state index contributed by atoms with van der Waals surface area (Å²) in [6.45, 7) is 0. The summed E-state index contributed by atoms with van der Waals surface area (Å²) in [4.78, 5) is 24.2. The molecule has 1 aliphatic heterocycles. The lowest BCUT2D eigenvalue weighted by molar-refractivity contribution is -0.117. The second-order valence-electron chi connectivity index (χ2n) is 4.27. The molecule has 4 nitrogen and oxygen atoms in total. The molecule has 0 saturated carbocycles. The van der Waals surface area contributed by atoms with Gasteiger partial charge in [0.2, 0.25) is 0 Å². The molecule has 1 atom stereocenters. The summed E-state index contributed by atoms with van der Waals surface area (Å²) in [5.74, 6) is -0.667. The van der Waals surface area contributed by atoms with E-state index in [4.69, 9.17) is 0 Å². The fraction of sp³-hybridized carbons (Fsp3) is 0.0667. The molecule has 2 aromatic carbocycles. The zero-order valence-corrected chi connectivity index (χ0v) is 10.0. The summed E-state index contributed by atoms with van der Waals surface area (Å²) in [5, 5.41) is 6.95. The van der Waals surface area contributed by atoms with Gasteiger partial charge in [-0.3, -0.25) is 14.9 Å². The Labute approximate surface area is 110 Å². The highest BCUT2D eigenvalue weighted by atomic mass is 16.2. The van der Waals surface area contributed by atoms with Gasteiger partial charge in [-0.2, -0.15) is 0 Å². The van der Waals surface area contributed by atoms with Crippen LogP contribution >= 0.6 is 0 Å². The van der Waals surface area contributed by atoms with E-state index in [9.17, 15) is 9.59 Å². The topological polar surface area (TPSA) is 60.3 Å². The molecule has 19 heavy (non-hydrogen) atoms. The van der Waals surface area contributed by atoms with Crippen molar-refractivity contribution in [1.29, 1.82) is 0 Å². The molecule has 0 bridgehead atoms. The first-order valence-corrected chi connectivity index (χ1v) is 5.96. The number of anilines is 1. The largest absolute Gasteiger partial charge is 0.322 e. The number of nitrogens with zero attached hydrogens (tertiary/aromatic N) is 1. The van der Waals surface area contributed by atoms with Gasteiger partial charge in [0.15, 0.2) is 11.8 Å². The van der Waals surface area contributed by atoms with Crippen molar-refractivity contribution in [2.75, 3.05) is 5.32 Å². The number of Topliss-reactive ketones (excluding diaryl/α,β-unsaturated/α-hetero) is 1. The minimum Gasteiger partial charge on any atom is -0.322 e. The molecule has 1 radical (unpaired) electrons. The summed E-state index contributed by atoms with van der Waals surface area (Å²) in [6.07, 6.45) is 0. The number of ketones is 1. The molecule has 3 rings (SSSR count). The first-order chi connectivity index (χ1) is 9.25. The number of hydrogen-bond acceptors (Lipinski definition) is 2. The van der Waals surface area contributed by atoms with E-state index in [0.29, 0.717) is 16.9 Å². The molecule has 0 unspecified atom stereocenters. The van der Waals surface area contributed by atoms with Crippen LogP contribution in [-0.2, 0) is 4.79 Å². The number of fused-ring (bicyclic) bond motifs is 1. The van der Waals surface area contributed by atoms with Crippen molar-refractivity contribution in [2.45, 2.75) is 6.04 Å². The van der Waals surface area contributed by atoms with E-state index >= 15 is 0 Å². The molecule has 2 aromatic rings. The number of amides is 1. The monoisotopic (exact) mass is 251 g/mol. The Morgan fingerprint density at radius 1 is 1.00 bits per heavy atom. The van der Waals surface area contributed by atoms with Crippen LogP contribution in [0.1, 0.15) is 10.4 Å². The van der Waals surface area contributed by atoms with Gasteiger partial charge in [-0.05, 0) is 12.1 Å². The number of rotatable bonds is 2. The average Bonchev–Trinajstić information content (AvgIpc) is 2.47. The first-order valence-electron chi connectivity index (χ1n) is 5.96. The van der Waals surface area contributed by atoms with Gasteiger partial charge in [0.1, 0.15) is 0 Å². The van der Waals surface area contributed by atoms with E-state index < -0.39 is 6.04 Å². The molecule has 0 spiro atoms. The summed E-state index contributed by atoms with van der Waals surface area (Å²) in [6, 6.07) is 14.9. The second kappa shape index (κ2) is 4.57. The molecule has 1 heterocycles. The van der Waals surface area contributed by atoms with E-state index in [1.165, 1.54) is 0 Å². The molecule has 1 aliphatic rings. The maximum absolute atomic E-state index is 12.3. The van der Waals surface area contributed by atoms with Crippen LogP contribution in [0.15, 0.2) is 54.6 Å². The molecule has 1 amide bonds. The Morgan fingerprint density at radius 3 is 2.47 bits per heavy atom. The van der Waals surface area contributed by atoms with Gasteiger partial charge in [0, 0.05) is 5.56 Å². The van der Waals surface area contributed by atoms with Crippen molar-refractivity contribution in [1.82, 2.24) is 5.32 Å². The number of carbonyl (C=O) groups is 2. The summed E-state index contributed by atoms with van der Waals surface area (Å²) >= 11 is 0. The van der Waals surface area contributed by atoms with Gasteiger partial charge in [0.05, 0.1) is 11.4 Å². The molecule has 0 saturated heterocycles. The minimum atomic E-state index is -1.00. The van der Waals surface area contributed by atoms with Gasteiger partial charge in [0.25, 0.3) is 5.91 Å². The van der Waals surface area contributed by atoms with Crippen LogP contribution in [0.5, 0.6) is 0 Å². The number of nitrogens with one attached hydrogen (secondary N) is 1. The number of benzene rings is 2. The third-order valence-corrected chi connectivity index (χ3v) is 2.99. The second-order valence-corrected chi connectivity index (χ2v) is 4.27. The third kappa shape index (κ3) is 2.08. The quantitative estimate of drug-likeness (QED) is 0.656. The molecular formula is C15H11N2O2. The highest BCUT2D eigenvalue weighted by Gasteiger charge is 2.33. The molecule has 4 heteroatoms. The molecule has 1 N–H and O–H groups in total. The molecular weight excluding hydrogens is 240 g/mol. The Kier molecular flexibility index (Phi) is 2.76. The summed E-state index contributed by atoms with van der Waals surface area (Å²) in [7, 11) is 0. The van der Waals surface area contributed by atoms with Crippen LogP contribution in [-0.4, -0.2) is 17.7 Å². The van der Waals surface area contributed by atoms with Gasteiger partial charge >= 0.3 is 0 Å². The van der Waals surface area contributed by atoms with Crippen LogP contribution in [0.3, 0.4) is 0 Å². The summed E-state index contributed by atoms with van der Waals surface area (Å²) < 4.78 is 0. The van der Waals surface area contributed by atoms with E-state index in [1.54, 1.807) is 36.4 Å². The molecule has 0 fully saturated rings. The van der Waals surface area contributed by atoms with Crippen LogP contribution in [0.4, 0.5) is 11.4 Å². The zero-order chi connectivity index (χ0) is 13.2. The van der Waals surface area contributed by atoms with E-state index in [2.05, 4.69) is 10.6 Å². The van der Waals surface area contributed by atoms with Gasteiger partial charge in [-0.15, -0.1) is 0 Å². The Balaban J connectivity index is 1.91. The van der Waals surface area contributed by atoms with Gasteiger partial charge < -0.3 is 5.32 Å². The van der Waals surface area contributed by atoms with E-state index in [1.807, 2.05) is 18.2 Å². The van der Waals surface area contributed by atoms with Crippen molar-refractivity contribution in [3.8, 4) is 0 Å². The lowest BCUT2D eigenvalue weighted by Crippen LogP contribution is -2.44. The van der Waals surface area contributed by atoms with Gasteiger partial charge in [-0.25, -0.2) is 0 Å². The minimum absolute atomic E-state index is 0.285. The standard InChI is InChI=1S/C15H11N2O2/c18-14(10-6-2-1-3-7-10)13-15(19)17-12-9-5-4-8-11(12)16-13/h1-9,13H,(H,17,19)/t13-/m0/s1. The van der Waals surface area contributed by atoms with Crippen LogP contribution in [0, 0.1) is 0 Å². The number of hydrogen-bond donors (Lipinski definition) is 1. The molecule has 0 aromatic heterocycles. The number of carbonyl (C=O) groups excluding carboxylic acids is 2. The highest BCUT2D eigenvalue weighted by molar-refractivity contribution is 6.19. The number of para-hydroxylation sites is 2. The lowest BCUT2D eigenvalue weighted by atomic mass is 10.0. The molecule has 93 valence electrons. The predicted octanol–water partition coefficient (Wildman–Crippen LogP) is 2.13. The van der Waals surface area contributed by atoms with Crippen molar-refractivity contribution in [2.24, 2.45) is 0 Å². The Morgan fingerprint density at radius 2 is 1.68 bits per heavy atom. The Bertz CT molecular complexity index is 638.